The third-order valence-electron chi connectivity index (χ3n) is 5.33. The summed E-state index contributed by atoms with van der Waals surface area (Å²) in [5.41, 5.74) is 3.53. The predicted molar refractivity (Wildman–Crippen MR) is 101 cm³/mol. The molecule has 0 amide bonds. The molecular weight excluding hydrogens is 331 g/mol. The maximum Gasteiger partial charge on any atom is 0.145 e. The number of hydrogen-bond acceptors (Lipinski definition) is 5. The molecule has 0 bridgehead atoms. The summed E-state index contributed by atoms with van der Waals surface area (Å²) >= 11 is 0. The Hall–Kier alpha value is -2.37. The predicted octanol–water partition coefficient (Wildman–Crippen LogP) is 3.14. The third kappa shape index (κ3) is 3.20. The van der Waals surface area contributed by atoms with E-state index in [9.17, 15) is 4.39 Å². The Balaban J connectivity index is 1.54. The monoisotopic (exact) mass is 356 g/mol. The minimum atomic E-state index is -0.271. The molecule has 0 saturated carbocycles. The molecule has 0 unspecified atom stereocenters. The third-order valence-corrected chi connectivity index (χ3v) is 5.33. The Labute approximate surface area is 153 Å². The second kappa shape index (κ2) is 7.09. The molecule has 0 spiro atoms. The molecule has 5 nitrogen and oxygen atoms in total. The Kier molecular flexibility index (Phi) is 4.66. The van der Waals surface area contributed by atoms with E-state index in [-0.39, 0.29) is 5.82 Å². The molecule has 1 saturated heterocycles. The summed E-state index contributed by atoms with van der Waals surface area (Å²) in [6.07, 6.45) is 4.59. The zero-order valence-corrected chi connectivity index (χ0v) is 15.5. The number of rotatable bonds is 3. The van der Waals surface area contributed by atoms with Crippen molar-refractivity contribution < 1.29 is 9.13 Å². The molecular formula is C20H25FN4O. The van der Waals surface area contributed by atoms with Crippen molar-refractivity contribution in [1.29, 1.82) is 0 Å². The fourth-order valence-electron chi connectivity index (χ4n) is 4.03. The van der Waals surface area contributed by atoms with Gasteiger partial charge in [0.05, 0.1) is 12.8 Å². The van der Waals surface area contributed by atoms with Crippen molar-refractivity contribution in [2.24, 2.45) is 0 Å². The van der Waals surface area contributed by atoms with E-state index >= 15 is 0 Å². The van der Waals surface area contributed by atoms with Crippen molar-refractivity contribution in [3.05, 3.63) is 41.1 Å². The number of aromatic nitrogens is 2. The number of fused-ring (bicyclic) bond motifs is 1. The first-order chi connectivity index (χ1) is 12.7. The van der Waals surface area contributed by atoms with Crippen molar-refractivity contribution >= 4 is 11.5 Å². The minimum absolute atomic E-state index is 0.271. The van der Waals surface area contributed by atoms with Crippen LogP contribution in [0.2, 0.25) is 0 Å². The molecule has 2 aliphatic rings. The number of piperazine rings is 1. The van der Waals surface area contributed by atoms with Gasteiger partial charge >= 0.3 is 0 Å². The largest absolute Gasteiger partial charge is 0.494 e. The summed E-state index contributed by atoms with van der Waals surface area (Å²) in [4.78, 5) is 14.1. The topological polar surface area (TPSA) is 41.5 Å². The van der Waals surface area contributed by atoms with E-state index in [2.05, 4.69) is 14.8 Å². The van der Waals surface area contributed by atoms with Crippen LogP contribution >= 0.6 is 0 Å². The quantitative estimate of drug-likeness (QED) is 0.845. The molecule has 2 heterocycles. The summed E-state index contributed by atoms with van der Waals surface area (Å²) < 4.78 is 18.8. The van der Waals surface area contributed by atoms with Crippen LogP contribution < -0.4 is 14.5 Å². The van der Waals surface area contributed by atoms with Gasteiger partial charge in [0.1, 0.15) is 23.2 Å². The molecule has 2 aromatic rings. The van der Waals surface area contributed by atoms with Crippen LogP contribution in [0.15, 0.2) is 18.2 Å². The SMILES string of the molecule is COc1cc(F)ccc1N1CCN(c2nc(C)nc3c2CCCC3)CC1. The van der Waals surface area contributed by atoms with Crippen LogP contribution in [-0.4, -0.2) is 43.3 Å². The van der Waals surface area contributed by atoms with E-state index in [1.807, 2.05) is 6.92 Å². The van der Waals surface area contributed by atoms with Gasteiger partial charge in [-0.1, -0.05) is 0 Å². The number of ether oxygens (including phenoxy) is 1. The second-order valence-corrected chi connectivity index (χ2v) is 7.02. The average Bonchev–Trinajstić information content (AvgIpc) is 2.67. The van der Waals surface area contributed by atoms with Gasteiger partial charge in [-0.25, -0.2) is 14.4 Å². The number of anilines is 2. The molecule has 138 valence electrons. The molecule has 26 heavy (non-hydrogen) atoms. The first-order valence-electron chi connectivity index (χ1n) is 9.35. The van der Waals surface area contributed by atoms with Gasteiger partial charge in [-0.3, -0.25) is 0 Å². The van der Waals surface area contributed by atoms with Gasteiger partial charge in [-0.05, 0) is 44.7 Å². The highest BCUT2D eigenvalue weighted by atomic mass is 19.1. The second-order valence-electron chi connectivity index (χ2n) is 7.02. The molecule has 6 heteroatoms. The van der Waals surface area contributed by atoms with Crippen molar-refractivity contribution in [1.82, 2.24) is 9.97 Å². The summed E-state index contributed by atoms with van der Waals surface area (Å²) in [5, 5.41) is 0. The summed E-state index contributed by atoms with van der Waals surface area (Å²) in [6, 6.07) is 4.75. The molecule has 1 aromatic heterocycles. The van der Waals surface area contributed by atoms with Crippen molar-refractivity contribution in [2.75, 3.05) is 43.1 Å². The molecule has 4 rings (SSSR count). The molecule has 0 radical (unpaired) electrons. The van der Waals surface area contributed by atoms with E-state index in [4.69, 9.17) is 9.72 Å². The highest BCUT2D eigenvalue weighted by Crippen LogP contribution is 2.32. The fraction of sp³-hybridized carbons (Fsp3) is 0.500. The molecule has 0 atom stereocenters. The Morgan fingerprint density at radius 1 is 1.00 bits per heavy atom. The molecule has 1 aliphatic heterocycles. The lowest BCUT2D eigenvalue weighted by Gasteiger charge is -2.38. The molecule has 1 aromatic carbocycles. The number of methoxy groups -OCH3 is 1. The van der Waals surface area contributed by atoms with E-state index in [1.165, 1.54) is 36.2 Å². The summed E-state index contributed by atoms with van der Waals surface area (Å²) in [6.45, 7) is 5.49. The number of benzene rings is 1. The number of halogens is 1. The zero-order valence-electron chi connectivity index (χ0n) is 15.5. The van der Waals surface area contributed by atoms with Crippen LogP contribution in [0.1, 0.15) is 29.9 Å². The van der Waals surface area contributed by atoms with E-state index in [0.717, 1.165) is 56.4 Å². The Bertz CT molecular complexity index is 803. The van der Waals surface area contributed by atoms with Gasteiger partial charge in [-0.2, -0.15) is 0 Å². The van der Waals surface area contributed by atoms with E-state index < -0.39 is 0 Å². The van der Waals surface area contributed by atoms with Crippen molar-refractivity contribution in [3.8, 4) is 5.75 Å². The van der Waals surface area contributed by atoms with Crippen LogP contribution in [0.4, 0.5) is 15.9 Å². The number of hydrogen-bond donors (Lipinski definition) is 0. The smallest absolute Gasteiger partial charge is 0.145 e. The maximum absolute atomic E-state index is 13.5. The highest BCUT2D eigenvalue weighted by molar-refractivity contribution is 5.60. The molecule has 0 N–H and O–H groups in total. The van der Waals surface area contributed by atoms with Gasteiger partial charge in [0.2, 0.25) is 0 Å². The van der Waals surface area contributed by atoms with Crippen LogP contribution in [0.5, 0.6) is 5.75 Å². The fourth-order valence-corrected chi connectivity index (χ4v) is 4.03. The Morgan fingerprint density at radius 3 is 2.50 bits per heavy atom. The van der Waals surface area contributed by atoms with Crippen molar-refractivity contribution in [2.45, 2.75) is 32.6 Å². The Morgan fingerprint density at radius 2 is 1.73 bits per heavy atom. The first kappa shape index (κ1) is 17.1. The van der Waals surface area contributed by atoms with Crippen LogP contribution in [0.3, 0.4) is 0 Å². The first-order valence-corrected chi connectivity index (χ1v) is 9.35. The molecule has 1 aliphatic carbocycles. The van der Waals surface area contributed by atoms with Crippen LogP contribution in [0.25, 0.3) is 0 Å². The average molecular weight is 356 g/mol. The van der Waals surface area contributed by atoms with Gasteiger partial charge in [0.25, 0.3) is 0 Å². The van der Waals surface area contributed by atoms with Gasteiger partial charge in [0.15, 0.2) is 0 Å². The standard InChI is InChI=1S/C20H25FN4O/c1-14-22-17-6-4-3-5-16(17)20(23-14)25-11-9-24(10-12-25)18-8-7-15(21)13-19(18)26-2/h7-8,13H,3-6,9-12H2,1-2H3. The number of nitrogens with zero attached hydrogens (tertiary/aromatic N) is 4. The lowest BCUT2D eigenvalue weighted by Crippen LogP contribution is -2.47. The van der Waals surface area contributed by atoms with Crippen LogP contribution in [-0.2, 0) is 12.8 Å². The van der Waals surface area contributed by atoms with Gasteiger partial charge in [0, 0.05) is 43.5 Å². The number of aryl methyl sites for hydroxylation is 2. The maximum atomic E-state index is 13.5. The van der Waals surface area contributed by atoms with E-state index in [0.29, 0.717) is 5.75 Å². The van der Waals surface area contributed by atoms with Crippen LogP contribution in [0, 0.1) is 12.7 Å². The lowest BCUT2D eigenvalue weighted by atomic mass is 9.96. The normalized spacial score (nSPS) is 17.2. The van der Waals surface area contributed by atoms with Crippen molar-refractivity contribution in [3.63, 3.8) is 0 Å². The molecule has 1 fully saturated rings. The van der Waals surface area contributed by atoms with Gasteiger partial charge < -0.3 is 14.5 Å². The van der Waals surface area contributed by atoms with Gasteiger partial charge in [-0.15, -0.1) is 0 Å². The van der Waals surface area contributed by atoms with E-state index in [1.54, 1.807) is 13.2 Å². The summed E-state index contributed by atoms with van der Waals surface area (Å²) in [5.74, 6) is 2.31. The highest BCUT2D eigenvalue weighted by Gasteiger charge is 2.25. The lowest BCUT2D eigenvalue weighted by molar-refractivity contribution is 0.410. The summed E-state index contributed by atoms with van der Waals surface area (Å²) in [7, 11) is 1.59. The minimum Gasteiger partial charge on any atom is -0.494 e. The zero-order chi connectivity index (χ0) is 18.1.